The van der Waals surface area contributed by atoms with Gasteiger partial charge in [0, 0.05) is 35.2 Å². The van der Waals surface area contributed by atoms with E-state index < -0.39 is 0 Å². The van der Waals surface area contributed by atoms with Gasteiger partial charge in [0.2, 0.25) is 0 Å². The van der Waals surface area contributed by atoms with Crippen LogP contribution in [0.25, 0.3) is 10.9 Å². The first kappa shape index (κ1) is 15.4. The average molecular weight is 322 g/mol. The Kier molecular flexibility index (Phi) is 4.35. The minimum atomic E-state index is -0.138. The third kappa shape index (κ3) is 3.09. The van der Waals surface area contributed by atoms with Gasteiger partial charge >= 0.3 is 0 Å². The van der Waals surface area contributed by atoms with E-state index in [0.29, 0.717) is 12.6 Å². The van der Waals surface area contributed by atoms with Gasteiger partial charge in [0.1, 0.15) is 5.82 Å². The number of fused-ring (bicyclic) bond motifs is 1. The van der Waals surface area contributed by atoms with Gasteiger partial charge in [-0.2, -0.15) is 0 Å². The van der Waals surface area contributed by atoms with Crippen LogP contribution in [0.1, 0.15) is 36.8 Å². The maximum absolute atomic E-state index is 14.0. The highest BCUT2D eigenvalue weighted by atomic mass is 19.1. The van der Waals surface area contributed by atoms with Crippen molar-refractivity contribution in [1.29, 1.82) is 0 Å². The Morgan fingerprint density at radius 1 is 0.958 bits per heavy atom. The summed E-state index contributed by atoms with van der Waals surface area (Å²) in [6.07, 6.45) is 7.43. The number of halogens is 1. The van der Waals surface area contributed by atoms with E-state index in [1.807, 2.05) is 18.2 Å². The molecule has 4 rings (SSSR count). The number of benzene rings is 2. The summed E-state index contributed by atoms with van der Waals surface area (Å²) in [5.41, 5.74) is 3.20. The quantitative estimate of drug-likeness (QED) is 0.710. The first-order valence-electron chi connectivity index (χ1n) is 8.85. The van der Waals surface area contributed by atoms with Gasteiger partial charge in [0.15, 0.2) is 0 Å². The molecule has 0 spiro atoms. The Balaban J connectivity index is 1.62. The predicted octanol–water partition coefficient (Wildman–Crippen LogP) is 4.86. The highest BCUT2D eigenvalue weighted by molar-refractivity contribution is 5.84. The maximum Gasteiger partial charge on any atom is 0.128 e. The van der Waals surface area contributed by atoms with Crippen LogP contribution >= 0.6 is 0 Å². The number of nitrogens with zero attached hydrogens (tertiary/aromatic N) is 1. The van der Waals surface area contributed by atoms with Crippen LogP contribution in [-0.4, -0.2) is 10.6 Å². The molecular weight excluding hydrogens is 299 g/mol. The zero-order valence-electron chi connectivity index (χ0n) is 13.8. The molecule has 1 aromatic heterocycles. The number of para-hydroxylation sites is 1. The summed E-state index contributed by atoms with van der Waals surface area (Å²) in [7, 11) is 0. The molecule has 124 valence electrons. The van der Waals surface area contributed by atoms with Crippen molar-refractivity contribution < 1.29 is 4.39 Å². The van der Waals surface area contributed by atoms with Crippen LogP contribution in [0, 0.1) is 5.82 Å². The van der Waals surface area contributed by atoms with Crippen molar-refractivity contribution >= 4 is 10.9 Å². The zero-order valence-corrected chi connectivity index (χ0v) is 13.8. The maximum atomic E-state index is 14.0. The molecule has 1 N–H and O–H groups in total. The SMILES string of the molecule is Fc1ccccc1Cn1cc(CNC2CCCC2)c2ccccc21. The summed E-state index contributed by atoms with van der Waals surface area (Å²) in [5.74, 6) is -0.138. The predicted molar refractivity (Wildman–Crippen MR) is 96.5 cm³/mol. The fourth-order valence-electron chi connectivity index (χ4n) is 3.79. The van der Waals surface area contributed by atoms with Crippen LogP contribution in [0.2, 0.25) is 0 Å². The Hall–Kier alpha value is -2.13. The van der Waals surface area contributed by atoms with E-state index in [2.05, 4.69) is 34.3 Å². The molecule has 1 heterocycles. The lowest BCUT2D eigenvalue weighted by Crippen LogP contribution is -2.25. The third-order valence-corrected chi connectivity index (χ3v) is 5.11. The fraction of sp³-hybridized carbons (Fsp3) is 0.333. The van der Waals surface area contributed by atoms with Gasteiger partial charge in [-0.25, -0.2) is 4.39 Å². The van der Waals surface area contributed by atoms with Crippen LogP contribution in [0.15, 0.2) is 54.7 Å². The van der Waals surface area contributed by atoms with Gasteiger partial charge in [-0.1, -0.05) is 49.2 Å². The minimum absolute atomic E-state index is 0.138. The number of hydrogen-bond donors (Lipinski definition) is 1. The lowest BCUT2D eigenvalue weighted by atomic mass is 10.1. The molecule has 1 aliphatic rings. The second-order valence-corrected chi connectivity index (χ2v) is 6.75. The van der Waals surface area contributed by atoms with Crippen molar-refractivity contribution in [1.82, 2.24) is 9.88 Å². The van der Waals surface area contributed by atoms with Crippen LogP contribution in [0.3, 0.4) is 0 Å². The molecule has 0 atom stereocenters. The normalized spacial score (nSPS) is 15.4. The molecule has 0 saturated heterocycles. The number of hydrogen-bond acceptors (Lipinski definition) is 1. The standard InChI is InChI=1S/C21H23FN2/c22-20-11-5-1-7-16(20)14-24-15-17(13-23-18-8-2-3-9-18)19-10-4-6-12-21(19)24/h1,4-7,10-12,15,18,23H,2-3,8-9,13-14H2. The zero-order chi connectivity index (χ0) is 16.4. The third-order valence-electron chi connectivity index (χ3n) is 5.11. The van der Waals surface area contributed by atoms with Gasteiger partial charge in [0.25, 0.3) is 0 Å². The summed E-state index contributed by atoms with van der Waals surface area (Å²) >= 11 is 0. The van der Waals surface area contributed by atoms with Crippen LogP contribution < -0.4 is 5.32 Å². The van der Waals surface area contributed by atoms with E-state index >= 15 is 0 Å². The van der Waals surface area contributed by atoms with E-state index in [9.17, 15) is 4.39 Å². The first-order chi connectivity index (χ1) is 11.8. The number of nitrogens with one attached hydrogen (secondary N) is 1. The molecule has 1 saturated carbocycles. The van der Waals surface area contributed by atoms with Crippen LogP contribution in [0.5, 0.6) is 0 Å². The monoisotopic (exact) mass is 322 g/mol. The van der Waals surface area contributed by atoms with Gasteiger partial charge in [-0.15, -0.1) is 0 Å². The number of rotatable bonds is 5. The Morgan fingerprint density at radius 2 is 1.71 bits per heavy atom. The van der Waals surface area contributed by atoms with E-state index in [1.54, 1.807) is 6.07 Å². The highest BCUT2D eigenvalue weighted by Crippen LogP contribution is 2.24. The Morgan fingerprint density at radius 3 is 2.54 bits per heavy atom. The topological polar surface area (TPSA) is 17.0 Å². The van der Waals surface area contributed by atoms with Crippen molar-refractivity contribution in [2.45, 2.75) is 44.8 Å². The molecular formula is C21H23FN2. The smallest absolute Gasteiger partial charge is 0.128 e. The molecule has 0 unspecified atom stereocenters. The number of aromatic nitrogens is 1. The summed E-state index contributed by atoms with van der Waals surface area (Å²) in [5, 5.41) is 4.95. The highest BCUT2D eigenvalue weighted by Gasteiger charge is 2.15. The van der Waals surface area contributed by atoms with E-state index in [1.165, 1.54) is 48.2 Å². The van der Waals surface area contributed by atoms with Crippen LogP contribution in [0.4, 0.5) is 4.39 Å². The fourth-order valence-corrected chi connectivity index (χ4v) is 3.79. The largest absolute Gasteiger partial charge is 0.343 e. The molecule has 0 amide bonds. The summed E-state index contributed by atoms with van der Waals surface area (Å²) < 4.78 is 16.2. The summed E-state index contributed by atoms with van der Waals surface area (Å²) in [6.45, 7) is 1.45. The lowest BCUT2D eigenvalue weighted by molar-refractivity contribution is 0.525. The summed E-state index contributed by atoms with van der Waals surface area (Å²) in [4.78, 5) is 0. The second-order valence-electron chi connectivity index (χ2n) is 6.75. The van der Waals surface area contributed by atoms with Crippen molar-refractivity contribution in [2.75, 3.05) is 0 Å². The molecule has 0 aliphatic heterocycles. The van der Waals surface area contributed by atoms with Gasteiger partial charge in [0.05, 0.1) is 6.54 Å². The minimum Gasteiger partial charge on any atom is -0.343 e. The summed E-state index contributed by atoms with van der Waals surface area (Å²) in [6, 6.07) is 16.1. The average Bonchev–Trinajstić information content (AvgIpc) is 3.24. The molecule has 0 bridgehead atoms. The van der Waals surface area contributed by atoms with E-state index in [4.69, 9.17) is 0 Å². The molecule has 3 aromatic rings. The van der Waals surface area contributed by atoms with Crippen molar-refractivity contribution in [2.24, 2.45) is 0 Å². The van der Waals surface area contributed by atoms with Crippen molar-refractivity contribution in [3.8, 4) is 0 Å². The van der Waals surface area contributed by atoms with Crippen molar-refractivity contribution in [3.05, 3.63) is 71.7 Å². The first-order valence-corrected chi connectivity index (χ1v) is 8.85. The molecule has 2 aromatic carbocycles. The van der Waals surface area contributed by atoms with Crippen molar-refractivity contribution in [3.63, 3.8) is 0 Å². The van der Waals surface area contributed by atoms with Gasteiger partial charge < -0.3 is 9.88 Å². The lowest BCUT2D eigenvalue weighted by Gasteiger charge is -2.10. The molecule has 3 heteroatoms. The van der Waals surface area contributed by atoms with E-state index in [-0.39, 0.29) is 5.82 Å². The Labute approximate surface area is 142 Å². The Bertz CT molecular complexity index is 831. The van der Waals surface area contributed by atoms with Crippen LogP contribution in [-0.2, 0) is 13.1 Å². The molecule has 1 aliphatic carbocycles. The second kappa shape index (κ2) is 6.78. The molecule has 24 heavy (non-hydrogen) atoms. The van der Waals surface area contributed by atoms with Gasteiger partial charge in [-0.05, 0) is 30.5 Å². The molecule has 1 fully saturated rings. The molecule has 2 nitrogen and oxygen atoms in total. The van der Waals surface area contributed by atoms with Gasteiger partial charge in [-0.3, -0.25) is 0 Å². The van der Waals surface area contributed by atoms with E-state index in [0.717, 1.165) is 12.1 Å². The molecule has 0 radical (unpaired) electrons.